The normalized spacial score (nSPS) is 19.8. The molecule has 1 amide bonds. The van der Waals surface area contributed by atoms with Gasteiger partial charge in [0.2, 0.25) is 0 Å². The Kier molecular flexibility index (Phi) is 5.97. The number of carbonyl (C=O) groups excluding carboxylic acids is 1. The fraction of sp³-hybridized carbons (Fsp3) is 0.375. The zero-order valence-electron chi connectivity index (χ0n) is 17.1. The maximum atomic E-state index is 12.7. The van der Waals surface area contributed by atoms with Gasteiger partial charge in [0.1, 0.15) is 11.9 Å². The Morgan fingerprint density at radius 2 is 1.79 bits per heavy atom. The highest BCUT2D eigenvalue weighted by atomic mass is 16.5. The molecule has 5 nitrogen and oxygen atoms in total. The highest BCUT2D eigenvalue weighted by Crippen LogP contribution is 2.46. The second-order valence-corrected chi connectivity index (χ2v) is 7.52. The molecular weight excluding hydrogens is 364 g/mol. The first-order valence-corrected chi connectivity index (χ1v) is 10.3. The van der Waals surface area contributed by atoms with Crippen LogP contribution in [0.15, 0.2) is 48.5 Å². The third-order valence-electron chi connectivity index (χ3n) is 5.57. The Bertz CT molecular complexity index is 922. The van der Waals surface area contributed by atoms with Crippen LogP contribution < -0.4 is 5.32 Å². The number of nitrogens with zero attached hydrogens (tertiary/aromatic N) is 1. The third-order valence-corrected chi connectivity index (χ3v) is 5.57. The van der Waals surface area contributed by atoms with Crippen LogP contribution in [-0.2, 0) is 14.3 Å². The van der Waals surface area contributed by atoms with Crippen molar-refractivity contribution in [1.29, 1.82) is 0 Å². The topological polar surface area (TPSA) is 50.8 Å². The number of fused-ring (bicyclic) bond motifs is 2. The van der Waals surface area contributed by atoms with Crippen molar-refractivity contribution in [2.45, 2.75) is 25.9 Å². The van der Waals surface area contributed by atoms with Crippen LogP contribution in [0.3, 0.4) is 0 Å². The molecule has 2 aliphatic heterocycles. The smallest absolute Gasteiger partial charge is 0.260 e. The largest absolute Gasteiger partial charge is 0.484 e. The molecule has 0 radical (unpaired) electrons. The fourth-order valence-corrected chi connectivity index (χ4v) is 4.18. The van der Waals surface area contributed by atoms with Crippen molar-refractivity contribution in [3.63, 3.8) is 0 Å². The van der Waals surface area contributed by atoms with E-state index in [4.69, 9.17) is 9.47 Å². The lowest BCUT2D eigenvalue weighted by Crippen LogP contribution is -2.30. The number of carbonyl (C=O) groups is 1. The first kappa shape index (κ1) is 19.7. The molecule has 1 N–H and O–H groups in total. The van der Waals surface area contributed by atoms with Crippen LogP contribution in [-0.4, -0.2) is 44.2 Å². The summed E-state index contributed by atoms with van der Waals surface area (Å²) in [5.41, 5.74) is 4.59. The Morgan fingerprint density at radius 3 is 2.59 bits per heavy atom. The number of rotatable bonds is 8. The van der Waals surface area contributed by atoms with Crippen molar-refractivity contribution in [3.05, 3.63) is 65.2 Å². The molecule has 0 fully saturated rings. The van der Waals surface area contributed by atoms with Gasteiger partial charge in [-0.2, -0.15) is 0 Å². The highest BCUT2D eigenvalue weighted by molar-refractivity contribution is 6.36. The van der Waals surface area contributed by atoms with Gasteiger partial charge in [0.05, 0.1) is 12.2 Å². The summed E-state index contributed by atoms with van der Waals surface area (Å²) < 4.78 is 11.7. The van der Waals surface area contributed by atoms with Crippen LogP contribution in [0.5, 0.6) is 0 Å². The van der Waals surface area contributed by atoms with Crippen molar-refractivity contribution in [1.82, 2.24) is 4.90 Å². The first-order chi connectivity index (χ1) is 14.2. The zero-order valence-corrected chi connectivity index (χ0v) is 17.1. The molecule has 152 valence electrons. The van der Waals surface area contributed by atoms with Crippen molar-refractivity contribution >= 4 is 22.9 Å². The fourth-order valence-electron chi connectivity index (χ4n) is 4.18. The Labute approximate surface area is 172 Å². The van der Waals surface area contributed by atoms with Gasteiger partial charge < -0.3 is 19.7 Å². The van der Waals surface area contributed by atoms with Gasteiger partial charge in [-0.15, -0.1) is 0 Å². The predicted octanol–water partition coefficient (Wildman–Crippen LogP) is 4.33. The number of benzene rings is 2. The number of nitrogens with one attached hydrogen (secondary N) is 1. The van der Waals surface area contributed by atoms with Gasteiger partial charge in [0.25, 0.3) is 5.91 Å². The SMILES string of the molecule is CCCN(CCOC)CCC1O/C(=C2/C(=O)Nc3ccccc32)c2ccccc21. The Hall–Kier alpha value is -2.63. The molecule has 0 saturated carbocycles. The average Bonchev–Trinajstić information content (AvgIpc) is 3.26. The van der Waals surface area contributed by atoms with E-state index in [0.717, 1.165) is 61.5 Å². The number of hydrogen-bond acceptors (Lipinski definition) is 4. The molecule has 0 saturated heterocycles. The summed E-state index contributed by atoms with van der Waals surface area (Å²) in [6.07, 6.45) is 1.94. The van der Waals surface area contributed by atoms with Gasteiger partial charge in [-0.3, -0.25) is 4.79 Å². The summed E-state index contributed by atoms with van der Waals surface area (Å²) in [7, 11) is 1.74. The van der Waals surface area contributed by atoms with E-state index < -0.39 is 0 Å². The lowest BCUT2D eigenvalue weighted by molar-refractivity contribution is -0.110. The summed E-state index contributed by atoms with van der Waals surface area (Å²) in [5.74, 6) is 0.608. The lowest BCUT2D eigenvalue weighted by atomic mass is 9.98. The van der Waals surface area contributed by atoms with E-state index in [0.29, 0.717) is 11.3 Å². The first-order valence-electron chi connectivity index (χ1n) is 10.3. The van der Waals surface area contributed by atoms with Gasteiger partial charge in [0.15, 0.2) is 0 Å². The Balaban J connectivity index is 1.61. The number of amides is 1. The molecule has 5 heteroatoms. The van der Waals surface area contributed by atoms with Crippen LogP contribution in [0.25, 0.3) is 11.3 Å². The molecule has 0 aromatic heterocycles. The van der Waals surface area contributed by atoms with Crippen LogP contribution >= 0.6 is 0 Å². The van der Waals surface area contributed by atoms with Crippen LogP contribution in [0.1, 0.15) is 42.6 Å². The number of para-hydroxylation sites is 1. The van der Waals surface area contributed by atoms with Gasteiger partial charge in [0, 0.05) is 49.0 Å². The summed E-state index contributed by atoms with van der Waals surface area (Å²) in [4.78, 5) is 15.1. The van der Waals surface area contributed by atoms with Gasteiger partial charge in [-0.05, 0) is 19.0 Å². The van der Waals surface area contributed by atoms with Crippen LogP contribution in [0.4, 0.5) is 5.69 Å². The second-order valence-electron chi connectivity index (χ2n) is 7.52. The standard InChI is InChI=1S/C24H28N2O3/c1-3-13-26(15-16-28-2)14-12-21-17-8-4-5-9-18(17)23(29-21)22-19-10-6-7-11-20(19)25-24(22)27/h4-11,21H,3,12-16H2,1-2H3,(H,25,27)/b23-22+. The minimum atomic E-state index is -0.0932. The highest BCUT2D eigenvalue weighted by Gasteiger charge is 2.35. The maximum absolute atomic E-state index is 12.7. The molecule has 1 atom stereocenters. The minimum Gasteiger partial charge on any atom is -0.484 e. The van der Waals surface area contributed by atoms with E-state index in [9.17, 15) is 4.79 Å². The third kappa shape index (κ3) is 3.93. The van der Waals surface area contributed by atoms with Crippen LogP contribution in [0, 0.1) is 0 Å². The zero-order chi connectivity index (χ0) is 20.2. The molecule has 0 aliphatic carbocycles. The molecule has 0 spiro atoms. The summed E-state index contributed by atoms with van der Waals surface area (Å²) >= 11 is 0. The van der Waals surface area contributed by atoms with Crippen LogP contribution in [0.2, 0.25) is 0 Å². The summed E-state index contributed by atoms with van der Waals surface area (Å²) in [6.45, 7) is 5.82. The van der Waals surface area contributed by atoms with Crippen molar-refractivity contribution in [2.24, 2.45) is 0 Å². The van der Waals surface area contributed by atoms with Gasteiger partial charge >= 0.3 is 0 Å². The monoisotopic (exact) mass is 392 g/mol. The molecule has 2 aliphatic rings. The van der Waals surface area contributed by atoms with E-state index >= 15 is 0 Å². The molecule has 1 unspecified atom stereocenters. The minimum absolute atomic E-state index is 0.0452. The van der Waals surface area contributed by atoms with Crippen molar-refractivity contribution in [3.8, 4) is 0 Å². The van der Waals surface area contributed by atoms with Crippen molar-refractivity contribution < 1.29 is 14.3 Å². The quantitative estimate of drug-likeness (QED) is 0.680. The molecular formula is C24H28N2O3. The van der Waals surface area contributed by atoms with Crippen molar-refractivity contribution in [2.75, 3.05) is 38.7 Å². The maximum Gasteiger partial charge on any atom is 0.260 e. The summed E-state index contributed by atoms with van der Waals surface area (Å²) in [5, 5.41) is 2.96. The molecule has 29 heavy (non-hydrogen) atoms. The second kappa shape index (κ2) is 8.80. The number of anilines is 1. The van der Waals surface area contributed by atoms with E-state index in [1.807, 2.05) is 36.4 Å². The number of hydrogen-bond donors (Lipinski definition) is 1. The molecule has 2 aromatic carbocycles. The Morgan fingerprint density at radius 1 is 1.03 bits per heavy atom. The van der Waals surface area contributed by atoms with Gasteiger partial charge in [-0.25, -0.2) is 0 Å². The molecule has 4 rings (SSSR count). The van der Waals surface area contributed by atoms with E-state index in [-0.39, 0.29) is 12.0 Å². The number of ether oxygens (including phenoxy) is 2. The lowest BCUT2D eigenvalue weighted by Gasteiger charge is -2.23. The predicted molar refractivity (Wildman–Crippen MR) is 115 cm³/mol. The molecule has 2 heterocycles. The number of methoxy groups -OCH3 is 1. The molecule has 0 bridgehead atoms. The van der Waals surface area contributed by atoms with E-state index in [2.05, 4.69) is 29.3 Å². The average molecular weight is 392 g/mol. The van der Waals surface area contributed by atoms with Gasteiger partial charge in [-0.1, -0.05) is 49.4 Å². The molecule has 2 aromatic rings. The van der Waals surface area contributed by atoms with E-state index in [1.165, 1.54) is 0 Å². The summed E-state index contributed by atoms with van der Waals surface area (Å²) in [6, 6.07) is 16.0. The van der Waals surface area contributed by atoms with E-state index in [1.54, 1.807) is 7.11 Å².